The Labute approximate surface area is 229 Å². The number of H-pyrrole nitrogens is 1. The van der Waals surface area contributed by atoms with E-state index in [-0.39, 0.29) is 30.4 Å². The number of aliphatic hydroxyl groups excluding tert-OH is 2. The summed E-state index contributed by atoms with van der Waals surface area (Å²) < 4.78 is 11.4. The summed E-state index contributed by atoms with van der Waals surface area (Å²) >= 11 is 0. The summed E-state index contributed by atoms with van der Waals surface area (Å²) in [4.78, 5) is 41.6. The van der Waals surface area contributed by atoms with Crippen molar-refractivity contribution in [2.45, 2.75) is 75.3 Å². The fourth-order valence-corrected chi connectivity index (χ4v) is 6.00. The molecule has 2 bridgehead atoms. The highest BCUT2D eigenvalue weighted by Gasteiger charge is 2.84. The Morgan fingerprint density at radius 2 is 1.77 bits per heavy atom. The topological polar surface area (TPSA) is 212 Å². The predicted octanol–water partition coefficient (Wildman–Crippen LogP) is 0.692. The van der Waals surface area contributed by atoms with Gasteiger partial charge in [-0.05, 0) is 38.2 Å². The minimum absolute atomic E-state index is 0.0336. The van der Waals surface area contributed by atoms with E-state index >= 15 is 0 Å². The van der Waals surface area contributed by atoms with E-state index in [0.717, 1.165) is 5.56 Å². The van der Waals surface area contributed by atoms with Crippen LogP contribution in [0.2, 0.25) is 0 Å². The average Bonchev–Trinajstić information content (AvgIpc) is 3.40. The number of fused-ring (bicyclic) bond motifs is 2. The number of allylic oxidation sites excluding steroid dienone is 1. The van der Waals surface area contributed by atoms with Crippen molar-refractivity contribution >= 4 is 17.7 Å². The molecular weight excluding hydrogens is 526 g/mol. The van der Waals surface area contributed by atoms with Crippen LogP contribution in [0.25, 0.3) is 0 Å². The van der Waals surface area contributed by atoms with Crippen LogP contribution >= 0.6 is 0 Å². The van der Waals surface area contributed by atoms with Crippen molar-refractivity contribution in [3.63, 3.8) is 0 Å². The molecule has 6 N–H and O–H groups in total. The van der Waals surface area contributed by atoms with Gasteiger partial charge in [0.05, 0.1) is 0 Å². The van der Waals surface area contributed by atoms with Crippen LogP contribution in [0.1, 0.15) is 50.0 Å². The maximum absolute atomic E-state index is 12.7. The third-order valence-electron chi connectivity index (χ3n) is 7.90. The van der Waals surface area contributed by atoms with Crippen molar-refractivity contribution in [2.75, 3.05) is 0 Å². The second-order valence-corrected chi connectivity index (χ2v) is 10.6. The van der Waals surface area contributed by atoms with E-state index in [1.807, 2.05) is 37.3 Å². The van der Waals surface area contributed by atoms with E-state index in [1.54, 1.807) is 0 Å². The second kappa shape index (κ2) is 10.5. The molecule has 40 heavy (non-hydrogen) atoms. The Hall–Kier alpha value is -3.49. The molecule has 13 heteroatoms. The van der Waals surface area contributed by atoms with Crippen LogP contribution in [0.3, 0.4) is 0 Å². The van der Waals surface area contributed by atoms with Gasteiger partial charge in [-0.15, -0.1) is 0 Å². The van der Waals surface area contributed by atoms with Gasteiger partial charge < -0.3 is 35.0 Å². The number of carboxylic acid groups (broad SMARTS) is 2. The van der Waals surface area contributed by atoms with Gasteiger partial charge in [-0.1, -0.05) is 49.4 Å². The first-order valence-corrected chi connectivity index (χ1v) is 12.8. The molecule has 2 aliphatic rings. The molecule has 1 aromatic heterocycles. The summed E-state index contributed by atoms with van der Waals surface area (Å²) in [6, 6.07) is 9.55. The number of Topliss-reactive ketones (excluding diaryl/α,β-unsaturated/α-hetero) is 1. The summed E-state index contributed by atoms with van der Waals surface area (Å²) in [7, 11) is 0. The number of carbonyl (C=O) groups is 3. The number of aromatic amines is 1. The number of aromatic nitrogens is 3. The first kappa shape index (κ1) is 29.5. The maximum Gasteiger partial charge on any atom is 0.342 e. The summed E-state index contributed by atoms with van der Waals surface area (Å²) in [5.41, 5.74) is -5.24. The summed E-state index contributed by atoms with van der Waals surface area (Å²) in [6.07, 6.45) is -6.40. The maximum atomic E-state index is 12.7. The van der Waals surface area contributed by atoms with Crippen LogP contribution < -0.4 is 0 Å². The van der Waals surface area contributed by atoms with Crippen LogP contribution in [0, 0.1) is 18.8 Å². The molecule has 2 aromatic rings. The van der Waals surface area contributed by atoms with E-state index in [9.17, 15) is 39.9 Å². The predicted molar refractivity (Wildman–Crippen MR) is 136 cm³/mol. The van der Waals surface area contributed by atoms with Gasteiger partial charge in [0.15, 0.2) is 17.7 Å². The molecule has 2 fully saturated rings. The van der Waals surface area contributed by atoms with Crippen molar-refractivity contribution in [2.24, 2.45) is 11.8 Å². The van der Waals surface area contributed by atoms with Gasteiger partial charge in [0, 0.05) is 12.3 Å². The van der Waals surface area contributed by atoms with Crippen molar-refractivity contribution in [3.05, 3.63) is 59.7 Å². The summed E-state index contributed by atoms with van der Waals surface area (Å²) in [5, 5.41) is 59.8. The highest BCUT2D eigenvalue weighted by Crippen LogP contribution is 2.58. The van der Waals surface area contributed by atoms with Crippen molar-refractivity contribution in [1.82, 2.24) is 15.2 Å². The largest absolute Gasteiger partial charge is 0.479 e. The van der Waals surface area contributed by atoms with E-state index in [0.29, 0.717) is 12.0 Å². The highest BCUT2D eigenvalue weighted by molar-refractivity contribution is 5.93. The molecule has 1 aromatic carbocycles. The molecule has 0 saturated carbocycles. The first-order chi connectivity index (χ1) is 18.7. The summed E-state index contributed by atoms with van der Waals surface area (Å²) in [6.45, 7) is 8.89. The molecule has 0 radical (unpaired) electrons. The highest BCUT2D eigenvalue weighted by atomic mass is 16.8. The quantitative estimate of drug-likeness (QED) is 0.210. The fourth-order valence-electron chi connectivity index (χ4n) is 6.00. The standard InChI is InChI=1S/C27H33N3O10/c1-13(18(15(3)31)14(2)12-17-8-6-5-7-9-17)10-11-25-19(32)20(33)27(40-25,24(36)37)26(38,23(34)35)21(39-25)22-28-16(4)29-30-22/h5-9,14,18-21,32-33,38H,1,10-12H2,2-4H3,(H,34,35)(H,36,37)(H,28,29,30)/t14-,18-,19-,20-,21-,25+,26-,27+/m1/s1. The fraction of sp³-hybridized carbons (Fsp3) is 0.519. The zero-order chi connectivity index (χ0) is 29.6. The molecule has 2 saturated heterocycles. The van der Waals surface area contributed by atoms with E-state index in [4.69, 9.17) is 9.47 Å². The van der Waals surface area contributed by atoms with Crippen molar-refractivity contribution in [3.8, 4) is 0 Å². The van der Waals surface area contributed by atoms with Gasteiger partial charge in [0.2, 0.25) is 11.2 Å². The molecular formula is C27H33N3O10. The van der Waals surface area contributed by atoms with Crippen LogP contribution in [0.4, 0.5) is 0 Å². The monoisotopic (exact) mass is 559 g/mol. The molecule has 3 heterocycles. The third-order valence-corrected chi connectivity index (χ3v) is 7.90. The van der Waals surface area contributed by atoms with Crippen molar-refractivity contribution in [1.29, 1.82) is 0 Å². The molecule has 8 atom stereocenters. The molecule has 0 aliphatic carbocycles. The molecule has 216 valence electrons. The lowest BCUT2D eigenvalue weighted by Gasteiger charge is -2.49. The van der Waals surface area contributed by atoms with E-state index in [2.05, 4.69) is 21.8 Å². The zero-order valence-corrected chi connectivity index (χ0v) is 22.3. The first-order valence-electron chi connectivity index (χ1n) is 12.8. The van der Waals surface area contributed by atoms with Crippen LogP contribution in [0.5, 0.6) is 0 Å². The number of carboxylic acids is 2. The number of benzene rings is 1. The van der Waals surface area contributed by atoms with E-state index in [1.165, 1.54) is 13.8 Å². The molecule has 4 rings (SSSR count). The molecule has 0 amide bonds. The minimum atomic E-state index is -3.45. The lowest BCUT2D eigenvalue weighted by molar-refractivity contribution is -0.383. The number of aliphatic hydroxyl groups is 3. The SMILES string of the molecule is C=C(CC[C@]12O[C@H](c3n[nH]c(C)n3)[C@@](O)(C(=O)O)[C@](C(=O)O)(O1)[C@H](O)[C@H]2O)[C@@H](C(C)=O)[C@H](C)Cc1ccccc1. The smallest absolute Gasteiger partial charge is 0.342 e. The number of ether oxygens (including phenoxy) is 2. The number of hydrogen-bond acceptors (Lipinski definition) is 10. The van der Waals surface area contributed by atoms with Gasteiger partial charge in [-0.3, -0.25) is 9.89 Å². The van der Waals surface area contributed by atoms with Gasteiger partial charge in [0.25, 0.3) is 0 Å². The Morgan fingerprint density at radius 3 is 2.30 bits per heavy atom. The zero-order valence-electron chi connectivity index (χ0n) is 22.3. The average molecular weight is 560 g/mol. The van der Waals surface area contributed by atoms with Crippen molar-refractivity contribution < 1.29 is 49.4 Å². The number of hydrogen-bond donors (Lipinski definition) is 6. The number of aliphatic carboxylic acids is 2. The molecule has 2 aliphatic heterocycles. The van der Waals surface area contributed by atoms with Gasteiger partial charge in [-0.2, -0.15) is 5.10 Å². The Bertz CT molecular complexity index is 1310. The lowest BCUT2D eigenvalue weighted by Crippen LogP contribution is -2.74. The van der Waals surface area contributed by atoms with E-state index < -0.39 is 59.0 Å². The number of nitrogens with one attached hydrogen (secondary N) is 1. The van der Waals surface area contributed by atoms with Gasteiger partial charge >= 0.3 is 11.9 Å². The van der Waals surface area contributed by atoms with Crippen LogP contribution in [-0.4, -0.2) is 87.6 Å². The number of carbonyl (C=O) groups excluding carboxylic acids is 1. The number of rotatable bonds is 11. The Kier molecular flexibility index (Phi) is 7.73. The number of ketones is 1. The minimum Gasteiger partial charge on any atom is -0.479 e. The lowest BCUT2D eigenvalue weighted by atomic mass is 9.74. The second-order valence-electron chi connectivity index (χ2n) is 10.6. The number of nitrogens with zero attached hydrogens (tertiary/aromatic N) is 2. The summed E-state index contributed by atoms with van der Waals surface area (Å²) in [5.74, 6) is -7.60. The number of aryl methyl sites for hydroxylation is 1. The van der Waals surface area contributed by atoms with Gasteiger partial charge in [-0.25, -0.2) is 14.6 Å². The Morgan fingerprint density at radius 1 is 1.12 bits per heavy atom. The molecule has 0 unspecified atom stereocenters. The molecule has 13 nitrogen and oxygen atoms in total. The van der Waals surface area contributed by atoms with Crippen LogP contribution in [0.15, 0.2) is 42.5 Å². The van der Waals surface area contributed by atoms with Gasteiger partial charge in [0.1, 0.15) is 23.8 Å². The third kappa shape index (κ3) is 4.43. The molecule has 0 spiro atoms. The van der Waals surface area contributed by atoms with Crippen LogP contribution in [-0.2, 0) is 30.3 Å². The Balaban J connectivity index is 1.68. The normalized spacial score (nSPS) is 32.8.